The molecule has 5 heteroatoms. The molecule has 0 aliphatic carbocycles. The summed E-state index contributed by atoms with van der Waals surface area (Å²) in [6, 6.07) is 71.7. The Morgan fingerprint density at radius 1 is 0.329 bits per heavy atom. The zero-order valence-corrected chi connectivity index (χ0v) is 49.2. The quantitative estimate of drug-likeness (QED) is 0.155. The minimum Gasteiger partial charge on any atom is -0.456 e. The van der Waals surface area contributed by atoms with Crippen molar-refractivity contribution in [2.24, 2.45) is 0 Å². The first kappa shape index (κ1) is 52.0. The van der Waals surface area contributed by atoms with Gasteiger partial charge in [0.2, 0.25) is 0 Å². The number of hydrogen-bond donors (Lipinski definition) is 0. The van der Waals surface area contributed by atoms with E-state index in [-0.39, 0.29) is 33.8 Å². The molecule has 0 unspecified atom stereocenters. The topological polar surface area (TPSA) is 22.9 Å². The number of anilines is 9. The molecule has 2 aliphatic rings. The number of benzene rings is 9. The molecule has 0 radical (unpaired) electrons. The maximum absolute atomic E-state index is 6.42. The first-order valence-electron chi connectivity index (χ1n) is 28.5. The lowest BCUT2D eigenvalue weighted by molar-refractivity contribution is 0.589. The van der Waals surface area contributed by atoms with Crippen LogP contribution in [0.15, 0.2) is 192 Å². The molecule has 9 aromatic carbocycles. The van der Waals surface area contributed by atoms with Crippen LogP contribution < -0.4 is 31.1 Å². The van der Waals surface area contributed by atoms with E-state index in [4.69, 9.17) is 4.42 Å². The van der Waals surface area contributed by atoms with Gasteiger partial charge in [-0.05, 0) is 179 Å². The Kier molecular flexibility index (Phi) is 12.1. The van der Waals surface area contributed by atoms with Crippen LogP contribution in [0.2, 0.25) is 0 Å². The van der Waals surface area contributed by atoms with Crippen molar-refractivity contribution in [2.45, 2.75) is 131 Å². The second-order valence-corrected chi connectivity index (χ2v) is 27.6. The standard InChI is InChI=1S/C74H76BN3O/c1-70(2,3)49-23-32-54(33-24-49)76(55-34-25-50(26-35-55)71(4,5)6)58-38-40-61-64(46-58)78(56-30-20-47(21-31-56)48-22-39-60-59-18-16-17-19-67(59)79-68(60)42-48)66-45-53(74(13,14)15)44-65-69(66)75(61)62-43-52(73(10,11)12)29-41-63(62)77(65)57-36-27-51(28-37-57)72(7,8)9/h16-46H,1-15H3. The molecule has 79 heavy (non-hydrogen) atoms. The second kappa shape index (κ2) is 18.4. The smallest absolute Gasteiger partial charge is 0.252 e. The molecule has 396 valence electrons. The van der Waals surface area contributed by atoms with Crippen LogP contribution in [-0.4, -0.2) is 6.71 Å². The van der Waals surface area contributed by atoms with E-state index in [2.05, 4.69) is 301 Å². The summed E-state index contributed by atoms with van der Waals surface area (Å²) in [4.78, 5) is 7.60. The molecule has 0 atom stereocenters. The highest BCUT2D eigenvalue weighted by Crippen LogP contribution is 2.49. The summed E-state index contributed by atoms with van der Waals surface area (Å²) >= 11 is 0. The third kappa shape index (κ3) is 9.23. The van der Waals surface area contributed by atoms with Gasteiger partial charge in [-0.15, -0.1) is 0 Å². The largest absolute Gasteiger partial charge is 0.456 e. The summed E-state index contributed by atoms with van der Waals surface area (Å²) in [5, 5.41) is 2.27. The van der Waals surface area contributed by atoms with Crippen LogP contribution in [0.25, 0.3) is 33.1 Å². The highest BCUT2D eigenvalue weighted by atomic mass is 16.3. The van der Waals surface area contributed by atoms with Gasteiger partial charge in [-0.25, -0.2) is 0 Å². The van der Waals surface area contributed by atoms with Crippen LogP contribution in [0, 0.1) is 0 Å². The molecule has 0 fully saturated rings. The Morgan fingerprint density at radius 3 is 1.33 bits per heavy atom. The van der Waals surface area contributed by atoms with Crippen molar-refractivity contribution >= 4 is 96.2 Å². The van der Waals surface area contributed by atoms with E-state index in [0.717, 1.165) is 61.5 Å². The van der Waals surface area contributed by atoms with Crippen molar-refractivity contribution in [3.63, 3.8) is 0 Å². The number of fused-ring (bicyclic) bond motifs is 7. The molecule has 0 spiro atoms. The van der Waals surface area contributed by atoms with E-state index in [1.54, 1.807) is 0 Å². The van der Waals surface area contributed by atoms with Crippen LogP contribution in [0.5, 0.6) is 0 Å². The number of furan rings is 1. The van der Waals surface area contributed by atoms with Gasteiger partial charge in [0.1, 0.15) is 11.2 Å². The summed E-state index contributed by atoms with van der Waals surface area (Å²) in [5.41, 5.74) is 24.8. The molecule has 0 amide bonds. The van der Waals surface area contributed by atoms with Gasteiger partial charge in [-0.1, -0.05) is 195 Å². The van der Waals surface area contributed by atoms with Gasteiger partial charge in [0, 0.05) is 62.0 Å². The normalized spacial score (nSPS) is 13.7. The minimum atomic E-state index is -0.165. The van der Waals surface area contributed by atoms with Gasteiger partial charge >= 0.3 is 0 Å². The molecule has 0 saturated carbocycles. The van der Waals surface area contributed by atoms with Crippen LogP contribution in [-0.2, 0) is 27.1 Å². The van der Waals surface area contributed by atoms with E-state index < -0.39 is 0 Å². The molecule has 2 aliphatic heterocycles. The van der Waals surface area contributed by atoms with Crippen molar-refractivity contribution in [3.05, 3.63) is 216 Å². The fourth-order valence-electron chi connectivity index (χ4n) is 12.1. The monoisotopic (exact) mass is 1030 g/mol. The summed E-state index contributed by atoms with van der Waals surface area (Å²) < 4.78 is 6.42. The summed E-state index contributed by atoms with van der Waals surface area (Å²) in [7, 11) is 0. The highest BCUT2D eigenvalue weighted by Gasteiger charge is 2.45. The van der Waals surface area contributed by atoms with Crippen molar-refractivity contribution in [1.82, 2.24) is 0 Å². The number of para-hydroxylation sites is 1. The molecular weight excluding hydrogens is 958 g/mol. The van der Waals surface area contributed by atoms with Gasteiger partial charge < -0.3 is 19.1 Å². The zero-order chi connectivity index (χ0) is 55.7. The lowest BCUT2D eigenvalue weighted by atomic mass is 9.33. The van der Waals surface area contributed by atoms with Crippen molar-refractivity contribution in [1.29, 1.82) is 0 Å². The van der Waals surface area contributed by atoms with Gasteiger partial charge in [0.05, 0.1) is 0 Å². The number of hydrogen-bond acceptors (Lipinski definition) is 4. The Balaban J connectivity index is 1.12. The van der Waals surface area contributed by atoms with Crippen LogP contribution in [0.3, 0.4) is 0 Å². The Bertz CT molecular complexity index is 3900. The SMILES string of the molecule is CC(C)(C)c1ccc(N(c2ccc(C(C)(C)C)cc2)c2ccc3c(c2)N(c2ccc(-c4ccc5c(c4)oc4ccccc45)cc2)c2cc(C(C)(C)C)cc4c2B3c2cc(C(C)(C)C)ccc2N4c2ccc(C(C)(C)C)cc2)cc1. The lowest BCUT2D eigenvalue weighted by Crippen LogP contribution is -2.61. The molecule has 1 aromatic heterocycles. The summed E-state index contributed by atoms with van der Waals surface area (Å²) in [5.74, 6) is 0. The van der Waals surface area contributed by atoms with Crippen LogP contribution in [0.4, 0.5) is 51.2 Å². The molecule has 3 heterocycles. The van der Waals surface area contributed by atoms with Crippen molar-refractivity contribution in [3.8, 4) is 11.1 Å². The minimum absolute atomic E-state index is 0.0204. The molecule has 0 N–H and O–H groups in total. The average molecular weight is 1030 g/mol. The van der Waals surface area contributed by atoms with E-state index in [9.17, 15) is 0 Å². The van der Waals surface area contributed by atoms with Gasteiger partial charge in [-0.2, -0.15) is 0 Å². The maximum Gasteiger partial charge on any atom is 0.252 e. The molecule has 0 saturated heterocycles. The predicted octanol–water partition coefficient (Wildman–Crippen LogP) is 19.3. The van der Waals surface area contributed by atoms with E-state index in [1.807, 2.05) is 6.07 Å². The maximum atomic E-state index is 6.42. The average Bonchev–Trinajstić information content (AvgIpc) is 3.55. The molecule has 10 aromatic rings. The highest BCUT2D eigenvalue weighted by molar-refractivity contribution is 7.00. The van der Waals surface area contributed by atoms with Gasteiger partial charge in [-0.3, -0.25) is 0 Å². The number of rotatable bonds is 6. The third-order valence-electron chi connectivity index (χ3n) is 16.9. The first-order chi connectivity index (χ1) is 37.3. The molecule has 4 nitrogen and oxygen atoms in total. The number of nitrogens with zero attached hydrogens (tertiary/aromatic N) is 3. The van der Waals surface area contributed by atoms with Crippen molar-refractivity contribution < 1.29 is 4.42 Å². The summed E-state index contributed by atoms with van der Waals surface area (Å²) in [6.45, 7) is 34.7. The Labute approximate surface area is 470 Å². The van der Waals surface area contributed by atoms with E-state index in [0.29, 0.717) is 0 Å². The third-order valence-corrected chi connectivity index (χ3v) is 16.9. The van der Waals surface area contributed by atoms with E-state index >= 15 is 0 Å². The fraction of sp³-hybridized carbons (Fsp3) is 0.270. The zero-order valence-electron chi connectivity index (χ0n) is 49.2. The second-order valence-electron chi connectivity index (χ2n) is 27.6. The van der Waals surface area contributed by atoms with Gasteiger partial charge in [0.25, 0.3) is 6.71 Å². The molecular formula is C74H76BN3O. The van der Waals surface area contributed by atoms with E-state index in [1.165, 1.54) is 67.0 Å². The van der Waals surface area contributed by atoms with Crippen LogP contribution >= 0.6 is 0 Å². The van der Waals surface area contributed by atoms with Gasteiger partial charge in [0.15, 0.2) is 0 Å². The molecule has 0 bridgehead atoms. The Morgan fingerprint density at radius 2 is 0.785 bits per heavy atom. The fourth-order valence-corrected chi connectivity index (χ4v) is 12.1. The predicted molar refractivity (Wildman–Crippen MR) is 341 cm³/mol. The Hall–Kier alpha value is -7.76. The van der Waals surface area contributed by atoms with Crippen LogP contribution in [0.1, 0.15) is 132 Å². The lowest BCUT2D eigenvalue weighted by Gasteiger charge is -2.45. The van der Waals surface area contributed by atoms with Crippen molar-refractivity contribution in [2.75, 3.05) is 14.7 Å². The first-order valence-corrected chi connectivity index (χ1v) is 28.5. The molecule has 12 rings (SSSR count). The summed E-state index contributed by atoms with van der Waals surface area (Å²) in [6.07, 6.45) is 0.